The molecule has 0 bridgehead atoms. The van der Waals surface area contributed by atoms with Gasteiger partial charge in [0.15, 0.2) is 0 Å². The predicted molar refractivity (Wildman–Crippen MR) is 67.3 cm³/mol. The quantitative estimate of drug-likeness (QED) is 0.808. The number of carbonyl (C=O) groups excluding carboxylic acids is 1. The first kappa shape index (κ1) is 11.8. The summed E-state index contributed by atoms with van der Waals surface area (Å²) in [6.07, 6.45) is 10.6. The molecule has 1 aliphatic rings. The summed E-state index contributed by atoms with van der Waals surface area (Å²) in [5, 5.41) is 3.01. The van der Waals surface area contributed by atoms with Crippen LogP contribution < -0.4 is 5.32 Å². The first-order valence-corrected chi connectivity index (χ1v) is 6.11. The number of nitrogens with zero attached hydrogens (tertiary/aromatic N) is 1. The second-order valence-corrected chi connectivity index (χ2v) is 4.55. The molecule has 0 aromatic carbocycles. The summed E-state index contributed by atoms with van der Waals surface area (Å²) in [5.41, 5.74) is 1.04. The standard InChI is InChI=1S/C14H18N2O/c1-11(13-7-4-8-15-10-13)16-14(17)9-12-5-2-3-6-12/h2,4-5,7-8,10-12H,3,6,9H2,1H3,(H,16,17). The minimum absolute atomic E-state index is 0.0292. The van der Waals surface area contributed by atoms with E-state index in [2.05, 4.69) is 22.5 Å². The van der Waals surface area contributed by atoms with Gasteiger partial charge in [-0.3, -0.25) is 9.78 Å². The Balaban J connectivity index is 1.84. The molecule has 1 aromatic heterocycles. The number of hydrogen-bond donors (Lipinski definition) is 1. The molecule has 1 aliphatic carbocycles. The van der Waals surface area contributed by atoms with E-state index in [1.54, 1.807) is 12.4 Å². The molecule has 2 unspecified atom stereocenters. The van der Waals surface area contributed by atoms with Crippen molar-refractivity contribution in [2.45, 2.75) is 32.2 Å². The second-order valence-electron chi connectivity index (χ2n) is 4.55. The Bertz CT molecular complexity index is 400. The molecule has 0 radical (unpaired) electrons. The van der Waals surface area contributed by atoms with Crippen LogP contribution in [0.3, 0.4) is 0 Å². The molecule has 0 saturated heterocycles. The van der Waals surface area contributed by atoms with E-state index in [4.69, 9.17) is 0 Å². The zero-order valence-electron chi connectivity index (χ0n) is 10.1. The molecule has 2 atom stereocenters. The van der Waals surface area contributed by atoms with Gasteiger partial charge in [-0.2, -0.15) is 0 Å². The van der Waals surface area contributed by atoms with Gasteiger partial charge in [-0.25, -0.2) is 0 Å². The smallest absolute Gasteiger partial charge is 0.221 e. The van der Waals surface area contributed by atoms with Crippen LogP contribution in [-0.4, -0.2) is 10.9 Å². The minimum Gasteiger partial charge on any atom is -0.350 e. The molecular formula is C14H18N2O. The van der Waals surface area contributed by atoms with Gasteiger partial charge in [-0.1, -0.05) is 18.2 Å². The van der Waals surface area contributed by atoms with E-state index < -0.39 is 0 Å². The number of aromatic nitrogens is 1. The van der Waals surface area contributed by atoms with E-state index in [1.165, 1.54) is 0 Å². The van der Waals surface area contributed by atoms with E-state index in [0.717, 1.165) is 18.4 Å². The molecule has 0 saturated carbocycles. The van der Waals surface area contributed by atoms with Crippen molar-refractivity contribution < 1.29 is 4.79 Å². The van der Waals surface area contributed by atoms with E-state index in [0.29, 0.717) is 12.3 Å². The summed E-state index contributed by atoms with van der Waals surface area (Å²) in [7, 11) is 0. The zero-order valence-corrected chi connectivity index (χ0v) is 10.1. The monoisotopic (exact) mass is 230 g/mol. The van der Waals surface area contributed by atoms with Crippen molar-refractivity contribution >= 4 is 5.91 Å². The number of allylic oxidation sites excluding steroid dienone is 2. The highest BCUT2D eigenvalue weighted by Gasteiger charge is 2.15. The van der Waals surface area contributed by atoms with E-state index in [9.17, 15) is 4.79 Å². The van der Waals surface area contributed by atoms with Crippen molar-refractivity contribution in [2.24, 2.45) is 5.92 Å². The minimum atomic E-state index is 0.0292. The lowest BCUT2D eigenvalue weighted by Gasteiger charge is -2.15. The largest absolute Gasteiger partial charge is 0.350 e. The highest BCUT2D eigenvalue weighted by molar-refractivity contribution is 5.76. The first-order chi connectivity index (χ1) is 8.25. The maximum atomic E-state index is 11.8. The van der Waals surface area contributed by atoms with E-state index in [1.807, 2.05) is 19.1 Å². The van der Waals surface area contributed by atoms with Crippen LogP contribution in [0.5, 0.6) is 0 Å². The number of nitrogens with one attached hydrogen (secondary N) is 1. The summed E-state index contributed by atoms with van der Waals surface area (Å²) in [6, 6.07) is 3.90. The van der Waals surface area contributed by atoms with Crippen molar-refractivity contribution in [2.75, 3.05) is 0 Å². The molecule has 0 spiro atoms. The summed E-state index contributed by atoms with van der Waals surface area (Å²) < 4.78 is 0. The number of rotatable bonds is 4. The van der Waals surface area contributed by atoms with Crippen molar-refractivity contribution in [1.82, 2.24) is 10.3 Å². The maximum absolute atomic E-state index is 11.8. The molecular weight excluding hydrogens is 212 g/mol. The van der Waals surface area contributed by atoms with Gasteiger partial charge in [-0.05, 0) is 37.3 Å². The van der Waals surface area contributed by atoms with Gasteiger partial charge in [-0.15, -0.1) is 0 Å². The van der Waals surface area contributed by atoms with Gasteiger partial charge in [0.05, 0.1) is 6.04 Å². The second kappa shape index (κ2) is 5.62. The van der Waals surface area contributed by atoms with Gasteiger partial charge in [0.1, 0.15) is 0 Å². The molecule has 1 N–H and O–H groups in total. The van der Waals surface area contributed by atoms with Crippen LogP contribution in [0.2, 0.25) is 0 Å². The highest BCUT2D eigenvalue weighted by Crippen LogP contribution is 2.20. The fraction of sp³-hybridized carbons (Fsp3) is 0.429. The molecule has 0 aliphatic heterocycles. The lowest BCUT2D eigenvalue weighted by molar-refractivity contribution is -0.122. The Labute approximate surface area is 102 Å². The lowest BCUT2D eigenvalue weighted by atomic mass is 10.0. The SMILES string of the molecule is CC(NC(=O)CC1C=CCC1)c1cccnc1. The molecule has 17 heavy (non-hydrogen) atoms. The van der Waals surface area contributed by atoms with Crippen LogP contribution in [0.15, 0.2) is 36.7 Å². The average Bonchev–Trinajstić information content (AvgIpc) is 2.82. The fourth-order valence-electron chi connectivity index (χ4n) is 2.12. The van der Waals surface area contributed by atoms with Crippen LogP contribution in [0.4, 0.5) is 0 Å². The third kappa shape index (κ3) is 3.41. The Morgan fingerprint density at radius 2 is 2.53 bits per heavy atom. The summed E-state index contributed by atoms with van der Waals surface area (Å²) in [6.45, 7) is 1.99. The zero-order chi connectivity index (χ0) is 12.1. The molecule has 1 aromatic rings. The van der Waals surface area contributed by atoms with E-state index in [-0.39, 0.29) is 11.9 Å². The van der Waals surface area contributed by atoms with Gasteiger partial charge >= 0.3 is 0 Å². The van der Waals surface area contributed by atoms with Crippen molar-refractivity contribution in [3.05, 3.63) is 42.2 Å². The van der Waals surface area contributed by atoms with Gasteiger partial charge in [0.2, 0.25) is 5.91 Å². The van der Waals surface area contributed by atoms with Crippen LogP contribution in [-0.2, 0) is 4.79 Å². The van der Waals surface area contributed by atoms with Gasteiger partial charge in [0, 0.05) is 18.8 Å². The number of carbonyl (C=O) groups is 1. The summed E-state index contributed by atoms with van der Waals surface area (Å²) in [5.74, 6) is 0.550. The molecule has 1 amide bonds. The Morgan fingerprint density at radius 3 is 3.18 bits per heavy atom. The molecule has 0 fully saturated rings. The number of hydrogen-bond acceptors (Lipinski definition) is 2. The molecule has 90 valence electrons. The summed E-state index contributed by atoms with van der Waals surface area (Å²) >= 11 is 0. The Kier molecular flexibility index (Phi) is 3.91. The van der Waals surface area contributed by atoms with Crippen LogP contribution >= 0.6 is 0 Å². The van der Waals surface area contributed by atoms with Crippen molar-refractivity contribution in [1.29, 1.82) is 0 Å². The molecule has 3 nitrogen and oxygen atoms in total. The van der Waals surface area contributed by atoms with Crippen molar-refractivity contribution in [3.63, 3.8) is 0 Å². The fourth-order valence-corrected chi connectivity index (χ4v) is 2.12. The van der Waals surface area contributed by atoms with Gasteiger partial charge < -0.3 is 5.32 Å². The Morgan fingerprint density at radius 1 is 1.65 bits per heavy atom. The van der Waals surface area contributed by atoms with Crippen LogP contribution in [0, 0.1) is 5.92 Å². The third-order valence-electron chi connectivity index (χ3n) is 3.12. The number of amides is 1. The predicted octanol–water partition coefficient (Wildman–Crippen LogP) is 2.62. The first-order valence-electron chi connectivity index (χ1n) is 6.11. The third-order valence-corrected chi connectivity index (χ3v) is 3.12. The normalized spacial score (nSPS) is 20.2. The van der Waals surface area contributed by atoms with Gasteiger partial charge in [0.25, 0.3) is 0 Å². The molecule has 2 rings (SSSR count). The molecule has 3 heteroatoms. The van der Waals surface area contributed by atoms with Crippen molar-refractivity contribution in [3.8, 4) is 0 Å². The maximum Gasteiger partial charge on any atom is 0.221 e. The summed E-state index contributed by atoms with van der Waals surface area (Å²) in [4.78, 5) is 15.9. The average molecular weight is 230 g/mol. The number of pyridine rings is 1. The molecule has 1 heterocycles. The van der Waals surface area contributed by atoms with E-state index >= 15 is 0 Å². The lowest BCUT2D eigenvalue weighted by Crippen LogP contribution is -2.27. The topological polar surface area (TPSA) is 42.0 Å². The van der Waals surface area contributed by atoms with Crippen LogP contribution in [0.25, 0.3) is 0 Å². The van der Waals surface area contributed by atoms with Crippen LogP contribution in [0.1, 0.15) is 37.8 Å². The Hall–Kier alpha value is -1.64. The highest BCUT2D eigenvalue weighted by atomic mass is 16.1.